The van der Waals surface area contributed by atoms with Crippen molar-refractivity contribution in [3.63, 3.8) is 0 Å². The van der Waals surface area contributed by atoms with Crippen LogP contribution in [-0.2, 0) is 11.3 Å². The van der Waals surface area contributed by atoms with Crippen LogP contribution in [0.2, 0.25) is 0 Å². The Kier molecular flexibility index (Phi) is 8.37. The summed E-state index contributed by atoms with van der Waals surface area (Å²) in [5.74, 6) is 7.04. The lowest BCUT2D eigenvalue weighted by molar-refractivity contribution is -0.924. The average molecular weight is 638 g/mol. The van der Waals surface area contributed by atoms with Gasteiger partial charge in [0, 0.05) is 17.6 Å². The first-order valence-electron chi connectivity index (χ1n) is 15.1. The molecule has 0 radical (unpaired) electrons. The largest absolute Gasteiger partial charge is 0.498 e. The molecule has 0 aliphatic carbocycles. The number of hydrogen-bond acceptors (Lipinski definition) is 9. The number of nitrogens with zero attached hydrogens (tertiary/aromatic N) is 5. The molecule has 4 heterocycles. The van der Waals surface area contributed by atoms with Crippen LogP contribution in [0.4, 0.5) is 21.1 Å². The van der Waals surface area contributed by atoms with Gasteiger partial charge in [0.1, 0.15) is 12.9 Å². The quantitative estimate of drug-likeness (QED) is 0.196. The Hall–Kier alpha value is -4.99. The molecule has 0 spiro atoms. The number of anilines is 2. The molecule has 46 heavy (non-hydrogen) atoms. The SMILES string of the molecule is CCNC(=O)O[C@H]1C[C@H](C#Cc2cc3ncnc(Nc4ccc5c(cnn5Cc5ccccc5)c4)c3s2)[N+](C(=O)[O-])(C(C)(C)C)C1. The van der Waals surface area contributed by atoms with Gasteiger partial charge in [0.05, 0.1) is 45.3 Å². The number of carboxylic acid groups (broad SMARTS) is 1. The molecule has 1 aliphatic heterocycles. The zero-order valence-electron chi connectivity index (χ0n) is 26.1. The molecule has 2 aromatic carbocycles. The molecule has 2 N–H and O–H groups in total. The highest BCUT2D eigenvalue weighted by atomic mass is 32.1. The second-order valence-corrected chi connectivity index (χ2v) is 13.4. The first-order chi connectivity index (χ1) is 22.1. The van der Waals surface area contributed by atoms with Crippen LogP contribution in [0.5, 0.6) is 0 Å². The number of carbonyl (C=O) groups is 2. The van der Waals surface area contributed by atoms with Gasteiger partial charge in [-0.3, -0.25) is 9.16 Å². The summed E-state index contributed by atoms with van der Waals surface area (Å²) in [6.45, 7) is 8.47. The fraction of sp³-hybridized carbons (Fsp3) is 0.324. The summed E-state index contributed by atoms with van der Waals surface area (Å²) in [5.41, 5.74) is 3.04. The number of carbonyl (C=O) groups excluding carboxylic acids is 2. The lowest BCUT2D eigenvalue weighted by atomic mass is 10.00. The Labute approximate surface area is 270 Å². The molecule has 1 fully saturated rings. The maximum Gasteiger partial charge on any atom is 0.407 e. The Morgan fingerprint density at radius 1 is 1.15 bits per heavy atom. The van der Waals surface area contributed by atoms with Crippen molar-refractivity contribution in [3.05, 3.63) is 77.6 Å². The van der Waals surface area contributed by atoms with Gasteiger partial charge in [-0.2, -0.15) is 5.10 Å². The third-order valence-electron chi connectivity index (χ3n) is 8.38. The summed E-state index contributed by atoms with van der Waals surface area (Å²) >= 11 is 1.43. The van der Waals surface area contributed by atoms with Crippen molar-refractivity contribution in [2.75, 3.05) is 18.4 Å². The third-order valence-corrected chi connectivity index (χ3v) is 9.43. The van der Waals surface area contributed by atoms with Crippen molar-refractivity contribution in [1.29, 1.82) is 0 Å². The second kappa shape index (κ2) is 12.4. The number of nitrogens with one attached hydrogen (secondary N) is 2. The first-order valence-corrected chi connectivity index (χ1v) is 16.0. The molecule has 11 nitrogen and oxygen atoms in total. The molecule has 1 aliphatic rings. The highest BCUT2D eigenvalue weighted by molar-refractivity contribution is 7.20. The number of aromatic nitrogens is 4. The van der Waals surface area contributed by atoms with E-state index in [1.54, 1.807) is 6.92 Å². The van der Waals surface area contributed by atoms with E-state index in [4.69, 9.17) is 4.74 Å². The van der Waals surface area contributed by atoms with Gasteiger partial charge in [-0.05, 0) is 69.4 Å². The summed E-state index contributed by atoms with van der Waals surface area (Å²) in [4.78, 5) is 34.5. The number of rotatable bonds is 6. The Morgan fingerprint density at radius 3 is 2.70 bits per heavy atom. The molecule has 5 aromatic rings. The van der Waals surface area contributed by atoms with E-state index in [0.29, 0.717) is 18.9 Å². The molecule has 1 saturated heterocycles. The first kappa shape index (κ1) is 31.0. The van der Waals surface area contributed by atoms with E-state index < -0.39 is 34.4 Å². The molecule has 3 atom stereocenters. The minimum Gasteiger partial charge on any atom is -0.498 e. The van der Waals surface area contributed by atoms with E-state index in [-0.39, 0.29) is 13.0 Å². The lowest BCUT2D eigenvalue weighted by Gasteiger charge is -2.47. The van der Waals surface area contributed by atoms with Crippen LogP contribution < -0.4 is 15.7 Å². The summed E-state index contributed by atoms with van der Waals surface area (Å²) in [6, 6.07) is 17.5. The topological polar surface area (TPSA) is 134 Å². The van der Waals surface area contributed by atoms with E-state index in [9.17, 15) is 14.7 Å². The van der Waals surface area contributed by atoms with Crippen molar-refractivity contribution in [1.82, 2.24) is 25.1 Å². The fourth-order valence-corrected chi connectivity index (χ4v) is 7.02. The lowest BCUT2D eigenvalue weighted by Crippen LogP contribution is -2.70. The van der Waals surface area contributed by atoms with Crippen molar-refractivity contribution < 1.29 is 23.9 Å². The van der Waals surface area contributed by atoms with E-state index in [2.05, 4.69) is 49.7 Å². The maximum absolute atomic E-state index is 12.7. The van der Waals surface area contributed by atoms with Crippen LogP contribution in [0.3, 0.4) is 0 Å². The molecule has 3 aromatic heterocycles. The number of ether oxygens (including phenoxy) is 1. The zero-order chi connectivity index (χ0) is 32.5. The average Bonchev–Trinajstić information content (AvgIpc) is 3.72. The van der Waals surface area contributed by atoms with Gasteiger partial charge in [0.2, 0.25) is 0 Å². The van der Waals surface area contributed by atoms with Gasteiger partial charge >= 0.3 is 6.09 Å². The van der Waals surface area contributed by atoms with Gasteiger partial charge < -0.3 is 25.3 Å². The highest BCUT2D eigenvalue weighted by Gasteiger charge is 2.56. The summed E-state index contributed by atoms with van der Waals surface area (Å²) < 4.78 is 7.92. The minimum atomic E-state index is -1.25. The maximum atomic E-state index is 12.7. The van der Waals surface area contributed by atoms with E-state index in [1.165, 1.54) is 23.2 Å². The molecule has 6 rings (SSSR count). The van der Waals surface area contributed by atoms with E-state index in [0.717, 1.165) is 31.7 Å². The smallest absolute Gasteiger partial charge is 0.407 e. The predicted octanol–water partition coefficient (Wildman–Crippen LogP) is 5.03. The van der Waals surface area contributed by atoms with Crippen LogP contribution in [0.25, 0.3) is 21.1 Å². The molecule has 0 bridgehead atoms. The van der Waals surface area contributed by atoms with Gasteiger partial charge in [-0.1, -0.05) is 30.3 Å². The zero-order valence-corrected chi connectivity index (χ0v) is 26.9. The second-order valence-electron chi connectivity index (χ2n) is 12.3. The van der Waals surface area contributed by atoms with Crippen LogP contribution >= 0.6 is 11.3 Å². The van der Waals surface area contributed by atoms with Crippen molar-refractivity contribution >= 4 is 56.1 Å². The molecule has 2 amide bonds. The highest BCUT2D eigenvalue weighted by Crippen LogP contribution is 2.38. The van der Waals surface area contributed by atoms with Crippen LogP contribution in [0.1, 0.15) is 44.6 Å². The number of quaternary nitrogens is 1. The number of hydrogen-bond donors (Lipinski definition) is 2. The Morgan fingerprint density at radius 2 is 1.96 bits per heavy atom. The number of fused-ring (bicyclic) bond motifs is 2. The number of thiophene rings is 1. The third kappa shape index (κ3) is 5.99. The number of alkyl carbamates (subject to hydrolysis) is 1. The van der Waals surface area contributed by atoms with Gasteiger partial charge in [0.25, 0.3) is 6.09 Å². The predicted molar refractivity (Wildman–Crippen MR) is 175 cm³/mol. The minimum absolute atomic E-state index is 0.0732. The molecule has 1 unspecified atom stereocenters. The van der Waals surface area contributed by atoms with Gasteiger partial charge in [-0.15, -0.1) is 11.3 Å². The van der Waals surface area contributed by atoms with Crippen LogP contribution in [-0.4, -0.2) is 67.2 Å². The van der Waals surface area contributed by atoms with Gasteiger partial charge in [0.15, 0.2) is 18.0 Å². The standard InChI is InChI=1S/C34H35N7O4S/c1-5-35-32(42)45-26-16-25(41(20-26,33(43)44)34(2,3)4)12-13-27-17-28-30(46-27)31(37-21-36-28)39-24-11-14-29-23(15-24)18-38-40(29)19-22-9-7-6-8-10-22/h6-11,14-15,17-18,21,25-26H,5,16,19-20H2,1-4H3,(H2-,35,36,37,39,42,43,44)/t25-,26-,41?/m0/s1. The van der Waals surface area contributed by atoms with Crippen molar-refractivity contribution in [2.45, 2.75) is 58.3 Å². The van der Waals surface area contributed by atoms with E-state index >= 15 is 0 Å². The number of amides is 2. The van der Waals surface area contributed by atoms with Gasteiger partial charge in [-0.25, -0.2) is 14.8 Å². The normalized spacial score (nSPS) is 19.5. The van der Waals surface area contributed by atoms with Crippen LogP contribution in [0.15, 0.2) is 67.1 Å². The van der Waals surface area contributed by atoms with Crippen molar-refractivity contribution in [3.8, 4) is 11.8 Å². The fourth-order valence-electron chi connectivity index (χ4n) is 6.10. The Balaban J connectivity index is 1.25. The Bertz CT molecular complexity index is 1970. The summed E-state index contributed by atoms with van der Waals surface area (Å²) in [7, 11) is 0. The summed E-state index contributed by atoms with van der Waals surface area (Å²) in [5, 5.41) is 24.3. The molecular formula is C34H35N7O4S. The van der Waals surface area contributed by atoms with E-state index in [1.807, 2.05) is 74.1 Å². The monoisotopic (exact) mass is 637 g/mol. The summed E-state index contributed by atoms with van der Waals surface area (Å²) in [6.07, 6.45) is 1.20. The molecule has 236 valence electrons. The molecule has 12 heteroatoms. The number of benzene rings is 2. The van der Waals surface area contributed by atoms with Crippen molar-refractivity contribution in [2.24, 2.45) is 0 Å². The molecule has 0 saturated carbocycles. The molecular weight excluding hydrogens is 602 g/mol. The number of likely N-dealkylation sites (tertiary alicyclic amines) is 1. The van der Waals surface area contributed by atoms with Crippen LogP contribution in [0, 0.1) is 11.8 Å².